The zero-order valence-corrected chi connectivity index (χ0v) is 18.6. The highest BCUT2D eigenvalue weighted by molar-refractivity contribution is 6.36. The molecule has 12 heteroatoms. The molecule has 4 heterocycles. The van der Waals surface area contributed by atoms with E-state index in [0.717, 1.165) is 5.69 Å². The van der Waals surface area contributed by atoms with E-state index in [1.807, 2.05) is 6.92 Å². The molecule has 4 aromatic heterocycles. The summed E-state index contributed by atoms with van der Waals surface area (Å²) < 4.78 is 12.6. The predicted octanol–water partition coefficient (Wildman–Crippen LogP) is 2.38. The highest BCUT2D eigenvalue weighted by Gasteiger charge is 2.17. The Bertz CT molecular complexity index is 1360. The molecule has 0 amide bonds. The van der Waals surface area contributed by atoms with Gasteiger partial charge >= 0.3 is 11.9 Å². The Morgan fingerprint density at radius 3 is 2.25 bits per heavy atom. The number of halogens is 1. The number of esters is 2. The minimum absolute atomic E-state index is 0.0278. The summed E-state index contributed by atoms with van der Waals surface area (Å²) in [7, 11) is 0. The standard InChI is InChI=1S/C10H10ClN3O2.C10H11N3O3/c1-3-16-10(15)7-4-12-14-5-6(2)13-9(14)8(7)11;1-3-16-10(15)7-4-11-13-5-6(2)12-9(13)8(7)14/h4-5H,3H2,1-2H3;4-5,11H,3H2,1-2H3. The summed E-state index contributed by atoms with van der Waals surface area (Å²) in [5, 5.41) is 7.07. The van der Waals surface area contributed by atoms with Crippen molar-refractivity contribution in [1.82, 2.24) is 29.2 Å². The summed E-state index contributed by atoms with van der Waals surface area (Å²) in [6.07, 6.45) is 6.12. The van der Waals surface area contributed by atoms with Crippen LogP contribution in [0.4, 0.5) is 0 Å². The number of nitrogens with one attached hydrogen (secondary N) is 1. The van der Waals surface area contributed by atoms with Crippen molar-refractivity contribution in [2.45, 2.75) is 27.7 Å². The fourth-order valence-electron chi connectivity index (χ4n) is 2.81. The molecule has 0 aromatic carbocycles. The zero-order valence-electron chi connectivity index (χ0n) is 17.9. The van der Waals surface area contributed by atoms with Gasteiger partial charge in [-0.2, -0.15) is 5.10 Å². The molecule has 0 fully saturated rings. The van der Waals surface area contributed by atoms with Gasteiger partial charge in [-0.1, -0.05) is 11.6 Å². The maximum atomic E-state index is 11.9. The van der Waals surface area contributed by atoms with E-state index >= 15 is 0 Å². The second-order valence-electron chi connectivity index (χ2n) is 6.56. The van der Waals surface area contributed by atoms with Crippen LogP contribution in [0.5, 0.6) is 0 Å². The average Bonchev–Trinajstić information content (AvgIpc) is 3.31. The lowest BCUT2D eigenvalue weighted by molar-refractivity contribution is 0.0515. The summed E-state index contributed by atoms with van der Waals surface area (Å²) >= 11 is 6.06. The summed E-state index contributed by atoms with van der Waals surface area (Å²) in [5.74, 6) is -1.12. The molecular formula is C20H21ClN6O5. The normalized spacial score (nSPS) is 10.7. The Labute approximate surface area is 186 Å². The highest BCUT2D eigenvalue weighted by Crippen LogP contribution is 2.21. The molecule has 0 bridgehead atoms. The Hall–Kier alpha value is -3.73. The minimum atomic E-state index is -0.632. The van der Waals surface area contributed by atoms with E-state index in [1.165, 1.54) is 21.4 Å². The third-order valence-corrected chi connectivity index (χ3v) is 4.54. The van der Waals surface area contributed by atoms with Crippen LogP contribution in [0.2, 0.25) is 5.02 Å². The summed E-state index contributed by atoms with van der Waals surface area (Å²) in [4.78, 5) is 43.0. The van der Waals surface area contributed by atoms with Gasteiger partial charge < -0.3 is 9.47 Å². The van der Waals surface area contributed by atoms with Gasteiger partial charge in [-0.25, -0.2) is 28.6 Å². The smallest absolute Gasteiger partial charge is 0.343 e. The number of aromatic nitrogens is 6. The fourth-order valence-corrected chi connectivity index (χ4v) is 3.06. The number of hydrogen-bond donors (Lipinski definition) is 1. The Balaban J connectivity index is 0.000000181. The fraction of sp³-hybridized carbons (Fsp3) is 0.300. The number of ether oxygens (including phenoxy) is 2. The molecule has 0 unspecified atom stereocenters. The largest absolute Gasteiger partial charge is 0.462 e. The second kappa shape index (κ2) is 9.60. The molecule has 32 heavy (non-hydrogen) atoms. The lowest BCUT2D eigenvalue weighted by Crippen LogP contribution is -2.20. The summed E-state index contributed by atoms with van der Waals surface area (Å²) in [5.41, 5.74) is 1.93. The van der Waals surface area contributed by atoms with Gasteiger partial charge in [0, 0.05) is 6.20 Å². The molecule has 1 N–H and O–H groups in total. The zero-order chi connectivity index (χ0) is 23.4. The van der Waals surface area contributed by atoms with Gasteiger partial charge in [0.1, 0.15) is 16.1 Å². The number of carbonyl (C=O) groups is 2. The molecule has 0 aliphatic carbocycles. The molecule has 0 saturated heterocycles. The van der Waals surface area contributed by atoms with Crippen molar-refractivity contribution in [3.8, 4) is 0 Å². The van der Waals surface area contributed by atoms with Crippen LogP contribution in [-0.4, -0.2) is 54.3 Å². The number of hydrogen-bond acceptors (Lipinski definition) is 8. The van der Waals surface area contributed by atoms with Crippen molar-refractivity contribution in [1.29, 1.82) is 0 Å². The summed E-state index contributed by atoms with van der Waals surface area (Å²) in [6, 6.07) is 0. The first-order chi connectivity index (χ1) is 15.3. The monoisotopic (exact) mass is 460 g/mol. The van der Waals surface area contributed by atoms with Gasteiger partial charge in [0.05, 0.1) is 43.2 Å². The van der Waals surface area contributed by atoms with Crippen LogP contribution >= 0.6 is 11.6 Å². The first-order valence-corrected chi connectivity index (χ1v) is 10.1. The van der Waals surface area contributed by atoms with Crippen LogP contribution in [0.1, 0.15) is 46.0 Å². The second-order valence-corrected chi connectivity index (χ2v) is 6.93. The van der Waals surface area contributed by atoms with Crippen LogP contribution in [-0.2, 0) is 9.47 Å². The van der Waals surface area contributed by atoms with Crippen LogP contribution in [0.3, 0.4) is 0 Å². The molecule has 0 aliphatic rings. The third-order valence-electron chi connectivity index (χ3n) is 4.17. The van der Waals surface area contributed by atoms with Crippen molar-refractivity contribution in [2.24, 2.45) is 0 Å². The first-order valence-electron chi connectivity index (χ1n) is 9.68. The Morgan fingerprint density at radius 2 is 1.59 bits per heavy atom. The molecule has 11 nitrogen and oxygen atoms in total. The number of H-pyrrole nitrogens is 1. The number of imidazole rings is 2. The number of rotatable bonds is 4. The number of fused-ring (bicyclic) bond motifs is 2. The molecule has 4 aromatic rings. The molecule has 0 aliphatic heterocycles. The lowest BCUT2D eigenvalue weighted by atomic mass is 10.3. The van der Waals surface area contributed by atoms with Gasteiger partial charge in [-0.15, -0.1) is 0 Å². The van der Waals surface area contributed by atoms with Gasteiger partial charge in [0.15, 0.2) is 5.65 Å². The van der Waals surface area contributed by atoms with E-state index in [2.05, 4.69) is 20.2 Å². The van der Waals surface area contributed by atoms with E-state index < -0.39 is 17.4 Å². The van der Waals surface area contributed by atoms with Crippen molar-refractivity contribution in [2.75, 3.05) is 13.2 Å². The maximum Gasteiger partial charge on any atom is 0.343 e. The van der Waals surface area contributed by atoms with E-state index in [-0.39, 0.29) is 28.4 Å². The van der Waals surface area contributed by atoms with Crippen molar-refractivity contribution in [3.63, 3.8) is 0 Å². The number of nitrogens with zero attached hydrogens (tertiary/aromatic N) is 5. The van der Waals surface area contributed by atoms with Gasteiger partial charge in [-0.3, -0.25) is 9.89 Å². The molecular weight excluding hydrogens is 440 g/mol. The predicted molar refractivity (Wildman–Crippen MR) is 115 cm³/mol. The molecule has 168 valence electrons. The van der Waals surface area contributed by atoms with E-state index in [4.69, 9.17) is 21.1 Å². The van der Waals surface area contributed by atoms with Crippen LogP contribution in [0, 0.1) is 13.8 Å². The average molecular weight is 461 g/mol. The SMILES string of the molecule is CCOC(=O)c1c[nH]n2cc(C)nc2c1=O.CCOC(=O)c1cnn2cc(C)nc2c1Cl. The third kappa shape index (κ3) is 4.62. The van der Waals surface area contributed by atoms with Crippen molar-refractivity contribution < 1.29 is 19.1 Å². The maximum absolute atomic E-state index is 11.9. The molecule has 0 saturated carbocycles. The van der Waals surface area contributed by atoms with Crippen molar-refractivity contribution in [3.05, 3.63) is 62.5 Å². The molecule has 0 spiro atoms. The van der Waals surface area contributed by atoms with Gasteiger partial charge in [0.2, 0.25) is 11.1 Å². The van der Waals surface area contributed by atoms with E-state index in [0.29, 0.717) is 17.9 Å². The summed E-state index contributed by atoms with van der Waals surface area (Å²) in [6.45, 7) is 7.55. The van der Waals surface area contributed by atoms with Crippen molar-refractivity contribution >= 4 is 34.8 Å². The molecule has 0 radical (unpaired) electrons. The topological polar surface area (TPSA) is 133 Å². The van der Waals surface area contributed by atoms with Gasteiger partial charge in [0.25, 0.3) is 0 Å². The number of aryl methyl sites for hydroxylation is 2. The molecule has 0 atom stereocenters. The highest BCUT2D eigenvalue weighted by atomic mass is 35.5. The lowest BCUT2D eigenvalue weighted by Gasteiger charge is -2.03. The van der Waals surface area contributed by atoms with Crippen LogP contribution < -0.4 is 5.43 Å². The Kier molecular flexibility index (Phi) is 6.89. The van der Waals surface area contributed by atoms with Crippen LogP contribution in [0.25, 0.3) is 11.3 Å². The first kappa shape index (κ1) is 22.9. The van der Waals surface area contributed by atoms with Gasteiger partial charge in [-0.05, 0) is 27.7 Å². The minimum Gasteiger partial charge on any atom is -0.462 e. The van der Waals surface area contributed by atoms with E-state index in [9.17, 15) is 14.4 Å². The van der Waals surface area contributed by atoms with E-state index in [1.54, 1.807) is 33.2 Å². The Morgan fingerprint density at radius 1 is 1.00 bits per heavy atom. The number of carbonyl (C=O) groups excluding carboxylic acids is 2. The quantitative estimate of drug-likeness (QED) is 0.459. The number of aromatic amines is 1. The molecule has 4 rings (SSSR count). The van der Waals surface area contributed by atoms with Crippen LogP contribution in [0.15, 0.2) is 29.6 Å².